The van der Waals surface area contributed by atoms with E-state index in [0.717, 1.165) is 21.8 Å². The maximum absolute atomic E-state index is 12.7. The molecule has 0 saturated heterocycles. The molecule has 5 nitrogen and oxygen atoms in total. The molecule has 0 saturated carbocycles. The Balaban J connectivity index is 1.53. The third-order valence-corrected chi connectivity index (χ3v) is 7.78. The molecule has 0 spiro atoms. The first-order valence-corrected chi connectivity index (χ1v) is 12.7. The van der Waals surface area contributed by atoms with Gasteiger partial charge < -0.3 is 10.1 Å². The number of thiazole rings is 1. The molecule has 1 unspecified atom stereocenters. The number of fused-ring (bicyclic) bond motifs is 1. The van der Waals surface area contributed by atoms with Crippen LogP contribution in [0.2, 0.25) is 0 Å². The first kappa shape index (κ1) is 21.3. The van der Waals surface area contributed by atoms with Gasteiger partial charge in [-0.1, -0.05) is 41.7 Å². The van der Waals surface area contributed by atoms with Gasteiger partial charge in [-0.05, 0) is 53.6 Å². The van der Waals surface area contributed by atoms with Crippen molar-refractivity contribution in [1.29, 1.82) is 5.26 Å². The Bertz CT molecular complexity index is 1410. The summed E-state index contributed by atoms with van der Waals surface area (Å²) in [6.45, 7) is 1.96. The molecule has 8 heteroatoms. The molecule has 162 valence electrons. The van der Waals surface area contributed by atoms with Crippen molar-refractivity contribution in [3.63, 3.8) is 0 Å². The van der Waals surface area contributed by atoms with Crippen molar-refractivity contribution in [3.8, 4) is 22.4 Å². The van der Waals surface area contributed by atoms with Crippen LogP contribution in [-0.2, 0) is 0 Å². The van der Waals surface area contributed by atoms with Gasteiger partial charge in [0.25, 0.3) is 5.91 Å². The zero-order valence-electron chi connectivity index (χ0n) is 17.4. The second-order valence-electron chi connectivity index (χ2n) is 7.22. The summed E-state index contributed by atoms with van der Waals surface area (Å²) in [7, 11) is 0. The number of nitrogens with one attached hydrogen (secondary N) is 1. The van der Waals surface area contributed by atoms with E-state index < -0.39 is 0 Å². The quantitative estimate of drug-likeness (QED) is 0.309. The normalized spacial score (nSPS) is 15.2. The number of nitriles is 1. The number of hydrogen-bond acceptors (Lipinski definition) is 7. The van der Waals surface area contributed by atoms with Crippen LogP contribution in [0.5, 0.6) is 5.75 Å². The molecule has 0 fully saturated rings. The van der Waals surface area contributed by atoms with Gasteiger partial charge in [-0.15, -0.1) is 22.7 Å². The molecule has 1 aliphatic rings. The fourth-order valence-electron chi connectivity index (χ4n) is 3.40. The molecule has 1 aromatic carbocycles. The van der Waals surface area contributed by atoms with E-state index in [1.807, 2.05) is 72.3 Å². The monoisotopic (exact) mass is 487 g/mol. The zero-order chi connectivity index (χ0) is 22.8. The SMILES string of the molecule is CC1Oc2ccccc2C=C1/C=C(\C#N)c1nc(-c2cccs2)c(NC(=O)c2cccs2)s1. The van der Waals surface area contributed by atoms with Crippen LogP contribution in [0.25, 0.3) is 22.2 Å². The number of benzene rings is 1. The molecule has 3 aromatic heterocycles. The molecule has 0 radical (unpaired) electrons. The van der Waals surface area contributed by atoms with Crippen LogP contribution < -0.4 is 10.1 Å². The van der Waals surface area contributed by atoms with E-state index in [9.17, 15) is 10.1 Å². The smallest absolute Gasteiger partial charge is 0.266 e. The summed E-state index contributed by atoms with van der Waals surface area (Å²) >= 11 is 4.22. The van der Waals surface area contributed by atoms with Crippen molar-refractivity contribution >= 4 is 56.6 Å². The van der Waals surface area contributed by atoms with E-state index in [-0.39, 0.29) is 12.0 Å². The van der Waals surface area contributed by atoms with Crippen LogP contribution in [-0.4, -0.2) is 17.0 Å². The van der Waals surface area contributed by atoms with Crippen LogP contribution in [0, 0.1) is 11.3 Å². The van der Waals surface area contributed by atoms with Crippen molar-refractivity contribution in [2.24, 2.45) is 0 Å². The summed E-state index contributed by atoms with van der Waals surface area (Å²) in [5, 5.41) is 17.9. The van der Waals surface area contributed by atoms with Gasteiger partial charge in [-0.3, -0.25) is 4.79 Å². The van der Waals surface area contributed by atoms with Crippen LogP contribution >= 0.6 is 34.0 Å². The molecule has 1 aliphatic heterocycles. The second-order valence-corrected chi connectivity index (χ2v) is 10.1. The van der Waals surface area contributed by atoms with Gasteiger partial charge in [-0.2, -0.15) is 5.26 Å². The van der Waals surface area contributed by atoms with Gasteiger partial charge in [-0.25, -0.2) is 4.98 Å². The van der Waals surface area contributed by atoms with E-state index in [0.29, 0.717) is 26.2 Å². The molecule has 1 amide bonds. The third kappa shape index (κ3) is 4.39. The Morgan fingerprint density at radius 1 is 1.15 bits per heavy atom. The number of ether oxygens (including phenoxy) is 1. The largest absolute Gasteiger partial charge is 0.485 e. The number of para-hydroxylation sites is 1. The van der Waals surface area contributed by atoms with Crippen LogP contribution in [0.3, 0.4) is 0 Å². The summed E-state index contributed by atoms with van der Waals surface area (Å²) < 4.78 is 6.01. The average Bonchev–Trinajstić information content (AvgIpc) is 3.59. The standard InChI is InChI=1S/C25H17N3O2S3/c1-15-17(12-16-6-2-3-7-19(16)30-15)13-18(14-26)24-27-22(20-8-4-10-31-20)25(33-24)28-23(29)21-9-5-11-32-21/h2-13,15H,1H3,(H,28,29)/b18-13+. The molecule has 4 heterocycles. The molecular weight excluding hydrogens is 470 g/mol. The zero-order valence-corrected chi connectivity index (χ0v) is 19.9. The molecular formula is C25H17N3O2S3. The fourth-order valence-corrected chi connectivity index (χ4v) is 5.75. The highest BCUT2D eigenvalue weighted by Gasteiger charge is 2.22. The maximum atomic E-state index is 12.7. The number of carbonyl (C=O) groups excluding carboxylic acids is 1. The average molecular weight is 488 g/mol. The third-order valence-electron chi connectivity index (χ3n) is 5.03. The lowest BCUT2D eigenvalue weighted by Gasteiger charge is -2.22. The van der Waals surface area contributed by atoms with Crippen LogP contribution in [0.15, 0.2) is 70.9 Å². The first-order chi connectivity index (χ1) is 16.1. The molecule has 0 aliphatic carbocycles. The van der Waals surface area contributed by atoms with Gasteiger partial charge in [0, 0.05) is 5.56 Å². The van der Waals surface area contributed by atoms with Gasteiger partial charge in [0.15, 0.2) is 0 Å². The summed E-state index contributed by atoms with van der Waals surface area (Å²) in [6, 6.07) is 17.6. The van der Waals surface area contributed by atoms with Crippen LogP contribution in [0.1, 0.15) is 27.2 Å². The maximum Gasteiger partial charge on any atom is 0.266 e. The molecule has 5 rings (SSSR count). The lowest BCUT2D eigenvalue weighted by atomic mass is 10.0. The highest BCUT2D eigenvalue weighted by atomic mass is 32.1. The summed E-state index contributed by atoms with van der Waals surface area (Å²) in [4.78, 5) is 19.0. The lowest BCUT2D eigenvalue weighted by molar-refractivity contribution is 0.103. The number of carbonyl (C=O) groups is 1. The Hall–Kier alpha value is -3.51. The predicted octanol–water partition coefficient (Wildman–Crippen LogP) is 6.96. The number of rotatable bonds is 5. The summed E-state index contributed by atoms with van der Waals surface area (Å²) in [5.41, 5.74) is 2.96. The van der Waals surface area contributed by atoms with E-state index in [1.54, 1.807) is 6.07 Å². The predicted molar refractivity (Wildman–Crippen MR) is 136 cm³/mol. The number of aromatic nitrogens is 1. The van der Waals surface area contributed by atoms with E-state index in [1.165, 1.54) is 34.0 Å². The highest BCUT2D eigenvalue weighted by Crippen LogP contribution is 2.39. The van der Waals surface area contributed by atoms with Gasteiger partial charge in [0.2, 0.25) is 0 Å². The lowest BCUT2D eigenvalue weighted by Crippen LogP contribution is -2.17. The number of nitrogens with zero attached hydrogens (tertiary/aromatic N) is 2. The van der Waals surface area contributed by atoms with Crippen molar-refractivity contribution in [3.05, 3.63) is 86.4 Å². The minimum Gasteiger partial charge on any atom is -0.485 e. The summed E-state index contributed by atoms with van der Waals surface area (Å²) in [6.07, 6.45) is 3.66. The second kappa shape index (κ2) is 9.16. The molecule has 1 N–H and O–H groups in total. The van der Waals surface area contributed by atoms with Gasteiger partial charge in [0.1, 0.15) is 33.6 Å². The van der Waals surface area contributed by atoms with Crippen molar-refractivity contribution < 1.29 is 9.53 Å². The van der Waals surface area contributed by atoms with Gasteiger partial charge >= 0.3 is 0 Å². The Labute approximate surface area is 202 Å². The Kier molecular flexibility index (Phi) is 5.92. The Morgan fingerprint density at radius 3 is 2.73 bits per heavy atom. The highest BCUT2D eigenvalue weighted by molar-refractivity contribution is 7.19. The van der Waals surface area contributed by atoms with Gasteiger partial charge in [0.05, 0.1) is 15.3 Å². The number of anilines is 1. The minimum atomic E-state index is -0.196. The van der Waals surface area contributed by atoms with E-state index >= 15 is 0 Å². The first-order valence-electron chi connectivity index (χ1n) is 10.1. The Morgan fingerprint density at radius 2 is 1.97 bits per heavy atom. The van der Waals surface area contributed by atoms with Crippen molar-refractivity contribution in [2.45, 2.75) is 13.0 Å². The van der Waals surface area contributed by atoms with Crippen LogP contribution in [0.4, 0.5) is 5.00 Å². The molecule has 4 aromatic rings. The molecule has 0 bridgehead atoms. The topological polar surface area (TPSA) is 75.0 Å². The molecule has 33 heavy (non-hydrogen) atoms. The van der Waals surface area contributed by atoms with E-state index in [4.69, 9.17) is 9.72 Å². The van der Waals surface area contributed by atoms with Crippen molar-refractivity contribution in [2.75, 3.05) is 5.32 Å². The number of thiophene rings is 2. The fraction of sp³-hybridized carbons (Fsp3) is 0.0800. The number of allylic oxidation sites excluding steroid dienone is 1. The summed E-state index contributed by atoms with van der Waals surface area (Å²) in [5.74, 6) is 0.641. The number of amides is 1. The van der Waals surface area contributed by atoms with Crippen molar-refractivity contribution in [1.82, 2.24) is 4.98 Å². The molecule has 1 atom stereocenters. The van der Waals surface area contributed by atoms with E-state index in [2.05, 4.69) is 11.4 Å². The number of hydrogen-bond donors (Lipinski definition) is 1. The minimum absolute atomic E-state index is 0.186.